The van der Waals surface area contributed by atoms with Gasteiger partial charge in [0, 0.05) is 25.4 Å². The molecule has 0 bridgehead atoms. The summed E-state index contributed by atoms with van der Waals surface area (Å²) < 4.78 is 7.13. The Bertz CT molecular complexity index is 551. The van der Waals surface area contributed by atoms with E-state index in [9.17, 15) is 0 Å². The molecule has 0 amide bonds. The highest BCUT2D eigenvalue weighted by molar-refractivity contribution is 6.32. The predicted molar refractivity (Wildman–Crippen MR) is 73.0 cm³/mol. The van der Waals surface area contributed by atoms with Crippen LogP contribution in [0.5, 0.6) is 5.75 Å². The van der Waals surface area contributed by atoms with E-state index in [1.807, 2.05) is 43.1 Å². The van der Waals surface area contributed by atoms with Gasteiger partial charge in [0.05, 0.1) is 17.8 Å². The first-order valence-corrected chi connectivity index (χ1v) is 6.04. The van der Waals surface area contributed by atoms with E-state index in [0.717, 1.165) is 23.6 Å². The van der Waals surface area contributed by atoms with E-state index in [-0.39, 0.29) is 0 Å². The lowest BCUT2D eigenvalue weighted by Crippen LogP contribution is -2.04. The number of nitrogens with one attached hydrogen (secondary N) is 1. The van der Waals surface area contributed by atoms with Crippen LogP contribution in [0.4, 0.5) is 0 Å². The molecule has 18 heavy (non-hydrogen) atoms. The fourth-order valence-corrected chi connectivity index (χ4v) is 2.13. The molecule has 4 nitrogen and oxygen atoms in total. The topological polar surface area (TPSA) is 39.1 Å². The normalized spacial score (nSPS) is 10.7. The van der Waals surface area contributed by atoms with Crippen molar-refractivity contribution in [1.29, 1.82) is 0 Å². The first kappa shape index (κ1) is 12.9. The quantitative estimate of drug-likeness (QED) is 0.923. The Labute approximate surface area is 112 Å². The Kier molecular flexibility index (Phi) is 3.89. The van der Waals surface area contributed by atoms with E-state index in [1.54, 1.807) is 7.11 Å². The van der Waals surface area contributed by atoms with Gasteiger partial charge < -0.3 is 14.6 Å². The van der Waals surface area contributed by atoms with Crippen LogP contribution in [0, 0.1) is 0 Å². The Morgan fingerprint density at radius 3 is 2.83 bits per heavy atom. The first-order chi connectivity index (χ1) is 8.65. The highest BCUT2D eigenvalue weighted by Crippen LogP contribution is 2.29. The maximum atomic E-state index is 6.13. The number of aryl methyl sites for hydroxylation is 1. The second-order valence-electron chi connectivity index (χ2n) is 4.05. The maximum Gasteiger partial charge on any atom is 0.140 e. The number of hydrogen-bond acceptors (Lipinski definition) is 3. The van der Waals surface area contributed by atoms with Crippen LogP contribution >= 0.6 is 11.6 Å². The van der Waals surface area contributed by atoms with Crippen LogP contribution in [-0.4, -0.2) is 23.7 Å². The van der Waals surface area contributed by atoms with Gasteiger partial charge in [0.25, 0.3) is 0 Å². The van der Waals surface area contributed by atoms with Gasteiger partial charge in [0.2, 0.25) is 0 Å². The summed E-state index contributed by atoms with van der Waals surface area (Å²) in [6.45, 7) is 0.748. The van der Waals surface area contributed by atoms with Crippen molar-refractivity contribution in [1.82, 2.24) is 14.9 Å². The van der Waals surface area contributed by atoms with E-state index in [4.69, 9.17) is 16.3 Å². The minimum Gasteiger partial charge on any atom is -0.495 e. The fourth-order valence-electron chi connectivity index (χ4n) is 1.87. The maximum absolute atomic E-state index is 6.13. The molecule has 0 unspecified atom stereocenters. The molecule has 1 aromatic carbocycles. The Hall–Kier alpha value is -1.52. The molecule has 2 rings (SSSR count). The van der Waals surface area contributed by atoms with Crippen molar-refractivity contribution >= 4 is 11.6 Å². The third-order valence-electron chi connectivity index (χ3n) is 2.69. The summed E-state index contributed by atoms with van der Waals surface area (Å²) >= 11 is 6.13. The van der Waals surface area contributed by atoms with E-state index >= 15 is 0 Å². The molecule has 0 saturated heterocycles. The highest BCUT2D eigenvalue weighted by Gasteiger charge is 2.09. The van der Waals surface area contributed by atoms with Crippen molar-refractivity contribution < 1.29 is 4.74 Å². The summed E-state index contributed by atoms with van der Waals surface area (Å²) in [4.78, 5) is 4.57. The molecule has 1 N–H and O–H groups in total. The van der Waals surface area contributed by atoms with Crippen LogP contribution in [0.15, 0.2) is 24.4 Å². The van der Waals surface area contributed by atoms with Gasteiger partial charge in [-0.1, -0.05) is 11.6 Å². The molecule has 2 aromatic rings. The van der Waals surface area contributed by atoms with Gasteiger partial charge in [-0.15, -0.1) is 0 Å². The standard InChI is InChI=1S/C13H16ClN3O/c1-15-7-10-8-17(2)13(16-10)9-4-5-12(18-3)11(14)6-9/h4-6,8,15H,7H2,1-3H3. The van der Waals surface area contributed by atoms with Gasteiger partial charge in [0.1, 0.15) is 11.6 Å². The van der Waals surface area contributed by atoms with Crippen molar-refractivity contribution in [3.8, 4) is 17.1 Å². The number of aromatic nitrogens is 2. The number of nitrogens with zero attached hydrogens (tertiary/aromatic N) is 2. The molecule has 0 aliphatic heterocycles. The molecule has 0 spiro atoms. The zero-order valence-electron chi connectivity index (χ0n) is 10.7. The Morgan fingerprint density at radius 1 is 1.44 bits per heavy atom. The smallest absolute Gasteiger partial charge is 0.140 e. The van der Waals surface area contributed by atoms with Gasteiger partial charge in [-0.05, 0) is 25.2 Å². The highest BCUT2D eigenvalue weighted by atomic mass is 35.5. The second kappa shape index (κ2) is 5.42. The molecule has 0 atom stereocenters. The summed E-state index contributed by atoms with van der Waals surface area (Å²) in [5.74, 6) is 1.56. The zero-order valence-corrected chi connectivity index (χ0v) is 11.5. The summed E-state index contributed by atoms with van der Waals surface area (Å²) in [7, 11) is 5.48. The minimum absolute atomic E-state index is 0.591. The van der Waals surface area contributed by atoms with Crippen LogP contribution in [-0.2, 0) is 13.6 Å². The van der Waals surface area contributed by atoms with Gasteiger partial charge in [-0.2, -0.15) is 0 Å². The third kappa shape index (κ3) is 2.49. The Morgan fingerprint density at radius 2 is 2.22 bits per heavy atom. The molecule has 1 heterocycles. The van der Waals surface area contributed by atoms with Crippen molar-refractivity contribution in [2.24, 2.45) is 7.05 Å². The molecule has 5 heteroatoms. The average molecular weight is 266 g/mol. The molecular weight excluding hydrogens is 250 g/mol. The molecule has 0 fully saturated rings. The van der Waals surface area contributed by atoms with Crippen LogP contribution < -0.4 is 10.1 Å². The van der Waals surface area contributed by atoms with Gasteiger partial charge >= 0.3 is 0 Å². The number of rotatable bonds is 4. The van der Waals surface area contributed by atoms with E-state index in [2.05, 4.69) is 10.3 Å². The number of imidazole rings is 1. The lowest BCUT2D eigenvalue weighted by atomic mass is 10.2. The van der Waals surface area contributed by atoms with Crippen LogP contribution in [0.25, 0.3) is 11.4 Å². The number of ether oxygens (including phenoxy) is 1. The van der Waals surface area contributed by atoms with Gasteiger partial charge in [0.15, 0.2) is 0 Å². The zero-order chi connectivity index (χ0) is 13.1. The summed E-state index contributed by atoms with van der Waals surface area (Å²) in [5.41, 5.74) is 1.98. The summed E-state index contributed by atoms with van der Waals surface area (Å²) in [6.07, 6.45) is 2.00. The third-order valence-corrected chi connectivity index (χ3v) is 2.99. The van der Waals surface area contributed by atoms with Crippen molar-refractivity contribution in [2.75, 3.05) is 14.2 Å². The molecule has 0 saturated carbocycles. The number of methoxy groups -OCH3 is 1. The second-order valence-corrected chi connectivity index (χ2v) is 4.45. The molecule has 1 aromatic heterocycles. The van der Waals surface area contributed by atoms with E-state index in [1.165, 1.54) is 0 Å². The lowest BCUT2D eigenvalue weighted by molar-refractivity contribution is 0.415. The van der Waals surface area contributed by atoms with Crippen molar-refractivity contribution in [2.45, 2.75) is 6.54 Å². The minimum atomic E-state index is 0.591. The average Bonchev–Trinajstić information content (AvgIpc) is 2.71. The predicted octanol–water partition coefficient (Wildman–Crippen LogP) is 2.47. The first-order valence-electron chi connectivity index (χ1n) is 5.66. The van der Waals surface area contributed by atoms with Crippen LogP contribution in [0.1, 0.15) is 5.69 Å². The number of benzene rings is 1. The summed E-state index contributed by atoms with van der Waals surface area (Å²) in [6, 6.07) is 5.67. The van der Waals surface area contributed by atoms with Crippen LogP contribution in [0.3, 0.4) is 0 Å². The Balaban J connectivity index is 2.39. The van der Waals surface area contributed by atoms with Gasteiger partial charge in [-0.3, -0.25) is 0 Å². The SMILES string of the molecule is CNCc1cn(C)c(-c2ccc(OC)c(Cl)c2)n1. The molecule has 96 valence electrons. The molecular formula is C13H16ClN3O. The van der Waals surface area contributed by atoms with Crippen molar-refractivity contribution in [3.05, 3.63) is 35.1 Å². The molecule has 0 aliphatic rings. The number of halogens is 1. The van der Waals surface area contributed by atoms with E-state index in [0.29, 0.717) is 10.8 Å². The van der Waals surface area contributed by atoms with Crippen LogP contribution in [0.2, 0.25) is 5.02 Å². The van der Waals surface area contributed by atoms with E-state index < -0.39 is 0 Å². The number of hydrogen-bond donors (Lipinski definition) is 1. The summed E-state index contributed by atoms with van der Waals surface area (Å²) in [5, 5.41) is 3.67. The van der Waals surface area contributed by atoms with Gasteiger partial charge in [-0.25, -0.2) is 4.98 Å². The molecule has 0 radical (unpaired) electrons. The largest absolute Gasteiger partial charge is 0.495 e. The fraction of sp³-hybridized carbons (Fsp3) is 0.308. The monoisotopic (exact) mass is 265 g/mol. The molecule has 0 aliphatic carbocycles. The lowest BCUT2D eigenvalue weighted by Gasteiger charge is -2.06. The van der Waals surface area contributed by atoms with Crippen molar-refractivity contribution in [3.63, 3.8) is 0 Å².